The molecule has 7 heteroatoms. The fourth-order valence-corrected chi connectivity index (χ4v) is 3.41. The number of aliphatic imine (C=N–C) groups is 1. The quantitative estimate of drug-likeness (QED) is 0.327. The van der Waals surface area contributed by atoms with Gasteiger partial charge < -0.3 is 20.4 Å². The first-order valence-electron chi connectivity index (χ1n) is 9.97. The molecule has 0 bridgehead atoms. The highest BCUT2D eigenvalue weighted by Crippen LogP contribution is 2.10. The van der Waals surface area contributed by atoms with E-state index in [1.54, 1.807) is 26.0 Å². The van der Waals surface area contributed by atoms with Crippen molar-refractivity contribution in [1.82, 2.24) is 20.4 Å². The number of carbonyl (C=O) groups is 1. The van der Waals surface area contributed by atoms with Gasteiger partial charge in [0.15, 0.2) is 5.96 Å². The Bertz CT molecular complexity index is 629. The molecular formula is C21H36IN5O. The molecule has 0 aromatic heterocycles. The van der Waals surface area contributed by atoms with Crippen molar-refractivity contribution in [1.29, 1.82) is 0 Å². The molecule has 0 saturated carbocycles. The van der Waals surface area contributed by atoms with E-state index in [2.05, 4.69) is 33.5 Å². The highest BCUT2D eigenvalue weighted by atomic mass is 127. The minimum absolute atomic E-state index is 0. The molecule has 0 radical (unpaired) electrons. The van der Waals surface area contributed by atoms with Gasteiger partial charge in [-0.15, -0.1) is 24.0 Å². The summed E-state index contributed by atoms with van der Waals surface area (Å²) >= 11 is 0. The van der Waals surface area contributed by atoms with Gasteiger partial charge in [-0.05, 0) is 56.0 Å². The van der Waals surface area contributed by atoms with Crippen LogP contribution in [0.2, 0.25) is 0 Å². The molecule has 1 aromatic rings. The van der Waals surface area contributed by atoms with E-state index in [1.165, 1.54) is 25.9 Å². The van der Waals surface area contributed by atoms with Crippen LogP contribution < -0.4 is 10.6 Å². The standard InChI is InChI=1S/C21H35N5O.HI/c1-17(16-26-12-5-6-13-26)15-24-21(22-2)23-11-10-18-8-7-9-19(14-18)20(27)25(3)4;/h7-9,14,17H,5-6,10-13,15-16H2,1-4H3,(H2,22,23,24);1H. The summed E-state index contributed by atoms with van der Waals surface area (Å²) in [5.74, 6) is 1.47. The Morgan fingerprint density at radius 3 is 2.61 bits per heavy atom. The van der Waals surface area contributed by atoms with Crippen molar-refractivity contribution in [2.24, 2.45) is 10.9 Å². The van der Waals surface area contributed by atoms with E-state index in [0.29, 0.717) is 5.92 Å². The molecule has 158 valence electrons. The van der Waals surface area contributed by atoms with Gasteiger partial charge in [0.1, 0.15) is 0 Å². The molecule has 1 fully saturated rings. The van der Waals surface area contributed by atoms with Crippen LogP contribution in [0.3, 0.4) is 0 Å². The van der Waals surface area contributed by atoms with Crippen LogP contribution in [0.1, 0.15) is 35.7 Å². The summed E-state index contributed by atoms with van der Waals surface area (Å²) in [7, 11) is 5.35. The zero-order chi connectivity index (χ0) is 19.6. The molecule has 2 N–H and O–H groups in total. The Hall–Kier alpha value is -1.35. The van der Waals surface area contributed by atoms with Gasteiger partial charge in [0.05, 0.1) is 0 Å². The first-order valence-corrected chi connectivity index (χ1v) is 9.97. The zero-order valence-electron chi connectivity index (χ0n) is 17.7. The Balaban J connectivity index is 0.00000392. The maximum Gasteiger partial charge on any atom is 0.253 e. The first-order chi connectivity index (χ1) is 13.0. The second-order valence-electron chi connectivity index (χ2n) is 7.64. The molecule has 1 aliphatic heterocycles. The predicted octanol–water partition coefficient (Wildman–Crippen LogP) is 2.45. The fraction of sp³-hybridized carbons (Fsp3) is 0.619. The second kappa shape index (κ2) is 13.0. The number of likely N-dealkylation sites (tertiary alicyclic amines) is 1. The lowest BCUT2D eigenvalue weighted by Crippen LogP contribution is -2.42. The van der Waals surface area contributed by atoms with Crippen LogP contribution in [0.5, 0.6) is 0 Å². The number of benzene rings is 1. The second-order valence-corrected chi connectivity index (χ2v) is 7.64. The zero-order valence-corrected chi connectivity index (χ0v) is 20.0. The van der Waals surface area contributed by atoms with Gasteiger partial charge in [-0.3, -0.25) is 9.79 Å². The molecule has 0 spiro atoms. The van der Waals surface area contributed by atoms with Crippen molar-refractivity contribution >= 4 is 35.8 Å². The summed E-state index contributed by atoms with van der Waals surface area (Å²) in [5, 5.41) is 6.79. The third kappa shape index (κ3) is 8.34. The summed E-state index contributed by atoms with van der Waals surface area (Å²) in [4.78, 5) is 20.5. The SMILES string of the molecule is CN=C(NCCc1cccc(C(=O)N(C)C)c1)NCC(C)CN1CCCC1.I. The van der Waals surface area contributed by atoms with Gasteiger partial charge in [-0.25, -0.2) is 0 Å². The smallest absolute Gasteiger partial charge is 0.253 e. The monoisotopic (exact) mass is 501 g/mol. The third-order valence-corrected chi connectivity index (χ3v) is 4.90. The Labute approximate surface area is 187 Å². The molecule has 2 rings (SSSR count). The van der Waals surface area contributed by atoms with Crippen molar-refractivity contribution in [3.63, 3.8) is 0 Å². The average molecular weight is 501 g/mol. The number of hydrogen-bond acceptors (Lipinski definition) is 3. The molecule has 1 aliphatic rings. The van der Waals surface area contributed by atoms with Crippen LogP contribution in [0, 0.1) is 5.92 Å². The number of halogens is 1. The number of carbonyl (C=O) groups excluding carboxylic acids is 1. The van der Waals surface area contributed by atoms with E-state index in [4.69, 9.17) is 0 Å². The van der Waals surface area contributed by atoms with Crippen LogP contribution >= 0.6 is 24.0 Å². The molecule has 0 aliphatic carbocycles. The summed E-state index contributed by atoms with van der Waals surface area (Å²) in [6.07, 6.45) is 3.52. The Morgan fingerprint density at radius 1 is 1.25 bits per heavy atom. The van der Waals surface area contributed by atoms with Crippen LogP contribution in [0.4, 0.5) is 0 Å². The average Bonchev–Trinajstić information content (AvgIpc) is 3.17. The minimum atomic E-state index is 0. The third-order valence-electron chi connectivity index (χ3n) is 4.90. The summed E-state index contributed by atoms with van der Waals surface area (Å²) in [6.45, 7) is 7.62. The normalized spacial score (nSPS) is 15.6. The van der Waals surface area contributed by atoms with E-state index >= 15 is 0 Å². The molecule has 1 unspecified atom stereocenters. The van der Waals surface area contributed by atoms with Gasteiger partial charge in [-0.2, -0.15) is 0 Å². The molecular weight excluding hydrogens is 465 g/mol. The van der Waals surface area contributed by atoms with Gasteiger partial charge in [0.2, 0.25) is 0 Å². The summed E-state index contributed by atoms with van der Waals surface area (Å²) in [6, 6.07) is 7.83. The number of amides is 1. The van der Waals surface area contributed by atoms with Crippen molar-refractivity contribution in [3.05, 3.63) is 35.4 Å². The van der Waals surface area contributed by atoms with E-state index in [0.717, 1.165) is 43.1 Å². The lowest BCUT2D eigenvalue weighted by molar-refractivity contribution is 0.0827. The number of hydrogen-bond donors (Lipinski definition) is 2. The van der Waals surface area contributed by atoms with Crippen molar-refractivity contribution in [2.75, 3.05) is 53.9 Å². The van der Waals surface area contributed by atoms with E-state index in [-0.39, 0.29) is 29.9 Å². The van der Waals surface area contributed by atoms with Gasteiger partial charge in [0.25, 0.3) is 5.91 Å². The Kier molecular flexibility index (Phi) is 11.4. The maximum absolute atomic E-state index is 12.1. The molecule has 1 heterocycles. The summed E-state index contributed by atoms with van der Waals surface area (Å²) < 4.78 is 0. The van der Waals surface area contributed by atoms with Crippen LogP contribution in [-0.2, 0) is 6.42 Å². The van der Waals surface area contributed by atoms with Crippen molar-refractivity contribution in [2.45, 2.75) is 26.2 Å². The number of nitrogens with zero attached hydrogens (tertiary/aromatic N) is 3. The van der Waals surface area contributed by atoms with Crippen LogP contribution in [0.15, 0.2) is 29.3 Å². The van der Waals surface area contributed by atoms with Gasteiger partial charge in [0, 0.05) is 46.3 Å². The predicted molar refractivity (Wildman–Crippen MR) is 128 cm³/mol. The van der Waals surface area contributed by atoms with Crippen LogP contribution in [0.25, 0.3) is 0 Å². The van der Waals surface area contributed by atoms with Crippen molar-refractivity contribution < 1.29 is 4.79 Å². The first kappa shape index (κ1) is 24.7. The largest absolute Gasteiger partial charge is 0.356 e. The highest BCUT2D eigenvalue weighted by Gasteiger charge is 2.14. The lowest BCUT2D eigenvalue weighted by atomic mass is 10.1. The summed E-state index contributed by atoms with van der Waals surface area (Å²) in [5.41, 5.74) is 1.88. The molecule has 6 nitrogen and oxygen atoms in total. The fourth-order valence-electron chi connectivity index (χ4n) is 3.41. The van der Waals surface area contributed by atoms with Crippen LogP contribution in [-0.4, -0.2) is 75.5 Å². The van der Waals surface area contributed by atoms with Crippen molar-refractivity contribution in [3.8, 4) is 0 Å². The number of rotatable bonds is 8. The lowest BCUT2D eigenvalue weighted by Gasteiger charge is -2.21. The number of nitrogens with one attached hydrogen (secondary N) is 2. The minimum Gasteiger partial charge on any atom is -0.356 e. The number of guanidine groups is 1. The van der Waals surface area contributed by atoms with E-state index < -0.39 is 0 Å². The highest BCUT2D eigenvalue weighted by molar-refractivity contribution is 14.0. The molecule has 1 amide bonds. The molecule has 1 aromatic carbocycles. The van der Waals surface area contributed by atoms with Gasteiger partial charge >= 0.3 is 0 Å². The molecule has 1 saturated heterocycles. The topological polar surface area (TPSA) is 60.0 Å². The Morgan fingerprint density at radius 2 is 1.96 bits per heavy atom. The molecule has 28 heavy (non-hydrogen) atoms. The van der Waals surface area contributed by atoms with Gasteiger partial charge in [-0.1, -0.05) is 19.1 Å². The van der Waals surface area contributed by atoms with E-state index in [1.807, 2.05) is 18.2 Å². The van der Waals surface area contributed by atoms with E-state index in [9.17, 15) is 4.79 Å². The molecule has 1 atom stereocenters. The maximum atomic E-state index is 12.1.